The number of thiophene rings is 1. The minimum absolute atomic E-state index is 0.0297. The Balaban J connectivity index is 1.50. The summed E-state index contributed by atoms with van der Waals surface area (Å²) in [7, 11) is 0. The van der Waals surface area contributed by atoms with Crippen molar-refractivity contribution in [3.63, 3.8) is 0 Å². The van der Waals surface area contributed by atoms with Gasteiger partial charge in [-0.25, -0.2) is 0 Å². The molecular weight excluding hydrogens is 324 g/mol. The molecule has 1 N–H and O–H groups in total. The van der Waals surface area contributed by atoms with Crippen LogP contribution in [0.2, 0.25) is 0 Å². The Bertz CT molecular complexity index is 774. The number of hydrogen-bond donors (Lipinski definition) is 1. The molecule has 0 aliphatic heterocycles. The molecule has 124 valence electrons. The van der Waals surface area contributed by atoms with Crippen molar-refractivity contribution < 1.29 is 9.32 Å². The fourth-order valence-electron chi connectivity index (χ4n) is 3.13. The number of carbonyl (C=O) groups excluding carboxylic acids is 1. The molecular formula is C17H18N4O2S. The van der Waals surface area contributed by atoms with Gasteiger partial charge in [-0.2, -0.15) is 16.4 Å². The molecule has 3 aromatic rings. The number of aromatic nitrogens is 3. The predicted octanol–water partition coefficient (Wildman–Crippen LogP) is 2.83. The van der Waals surface area contributed by atoms with Crippen molar-refractivity contribution >= 4 is 17.2 Å². The molecule has 1 aliphatic carbocycles. The number of fused-ring (bicyclic) bond motifs is 1. The van der Waals surface area contributed by atoms with E-state index in [9.17, 15) is 4.79 Å². The van der Waals surface area contributed by atoms with Crippen LogP contribution in [-0.4, -0.2) is 27.4 Å². The maximum absolute atomic E-state index is 12.6. The second-order valence-electron chi connectivity index (χ2n) is 5.91. The van der Waals surface area contributed by atoms with Crippen molar-refractivity contribution in [3.05, 3.63) is 57.9 Å². The topological polar surface area (TPSA) is 73.0 Å². The van der Waals surface area contributed by atoms with E-state index in [1.165, 1.54) is 0 Å². The summed E-state index contributed by atoms with van der Waals surface area (Å²) in [6, 6.07) is 3.91. The van der Waals surface area contributed by atoms with Crippen LogP contribution in [-0.2, 0) is 12.8 Å². The van der Waals surface area contributed by atoms with Crippen LogP contribution >= 0.6 is 11.3 Å². The third-order valence-electron chi connectivity index (χ3n) is 4.39. The predicted molar refractivity (Wildman–Crippen MR) is 90.2 cm³/mol. The van der Waals surface area contributed by atoms with Crippen LogP contribution in [0.5, 0.6) is 0 Å². The molecule has 0 bridgehead atoms. The Hall–Kier alpha value is -2.41. The number of amides is 1. The van der Waals surface area contributed by atoms with Gasteiger partial charge in [-0.05, 0) is 47.7 Å². The quantitative estimate of drug-likeness (QED) is 0.774. The second-order valence-corrected chi connectivity index (χ2v) is 6.69. The van der Waals surface area contributed by atoms with Crippen LogP contribution in [0, 0.1) is 0 Å². The third kappa shape index (κ3) is 2.87. The molecule has 0 fully saturated rings. The minimum atomic E-state index is -0.172. The number of nitrogens with zero attached hydrogens (tertiary/aromatic N) is 3. The maximum atomic E-state index is 12.6. The Morgan fingerprint density at radius 3 is 3.12 bits per heavy atom. The monoisotopic (exact) mass is 342 g/mol. The van der Waals surface area contributed by atoms with Crippen molar-refractivity contribution in [2.24, 2.45) is 0 Å². The normalized spacial score (nSPS) is 15.0. The largest absolute Gasteiger partial charge is 0.360 e. The van der Waals surface area contributed by atoms with Gasteiger partial charge in [0.1, 0.15) is 5.76 Å². The molecule has 1 atom stereocenters. The van der Waals surface area contributed by atoms with Crippen molar-refractivity contribution in [1.29, 1.82) is 0 Å². The zero-order valence-electron chi connectivity index (χ0n) is 13.1. The molecule has 4 rings (SSSR count). The van der Waals surface area contributed by atoms with E-state index < -0.39 is 0 Å². The van der Waals surface area contributed by atoms with Crippen molar-refractivity contribution in [3.8, 4) is 0 Å². The Labute approximate surface area is 143 Å². The SMILES string of the molecule is O=C(NC[C@@H](c1ccsc1)n1cccn1)c1noc2c1CCCC2. The maximum Gasteiger partial charge on any atom is 0.273 e. The van der Waals surface area contributed by atoms with Gasteiger partial charge in [0.25, 0.3) is 5.91 Å². The fraction of sp³-hybridized carbons (Fsp3) is 0.353. The molecule has 24 heavy (non-hydrogen) atoms. The Kier molecular flexibility index (Phi) is 4.17. The van der Waals surface area contributed by atoms with E-state index in [0.717, 1.165) is 42.6 Å². The van der Waals surface area contributed by atoms with Crippen LogP contribution in [0.15, 0.2) is 39.8 Å². The summed E-state index contributed by atoms with van der Waals surface area (Å²) in [6.45, 7) is 0.457. The number of carbonyl (C=O) groups is 1. The molecule has 1 aliphatic rings. The van der Waals surface area contributed by atoms with Crippen LogP contribution in [0.1, 0.15) is 46.3 Å². The standard InChI is InChI=1S/C17H18N4O2S/c22-17(16-13-4-1-2-5-15(13)23-20-16)18-10-14(12-6-9-24-11-12)21-8-3-7-19-21/h3,6-9,11,14H,1-2,4-5,10H2,(H,18,22)/t14-/m0/s1. The highest BCUT2D eigenvalue weighted by Gasteiger charge is 2.25. The summed E-state index contributed by atoms with van der Waals surface area (Å²) in [5, 5.41) is 15.4. The summed E-state index contributed by atoms with van der Waals surface area (Å²) in [6.07, 6.45) is 7.58. The average Bonchev–Trinajstić information content (AvgIpc) is 3.36. The lowest BCUT2D eigenvalue weighted by atomic mass is 9.96. The van der Waals surface area contributed by atoms with Gasteiger partial charge in [-0.15, -0.1) is 0 Å². The molecule has 6 nitrogen and oxygen atoms in total. The third-order valence-corrected chi connectivity index (χ3v) is 5.09. The van der Waals surface area contributed by atoms with Gasteiger partial charge >= 0.3 is 0 Å². The summed E-state index contributed by atoms with van der Waals surface area (Å²) in [5.74, 6) is 0.696. The lowest BCUT2D eigenvalue weighted by Gasteiger charge is -2.17. The molecule has 0 saturated heterocycles. The number of hydrogen-bond acceptors (Lipinski definition) is 5. The molecule has 0 spiro atoms. The molecule has 7 heteroatoms. The highest BCUT2D eigenvalue weighted by atomic mass is 32.1. The molecule has 1 amide bonds. The van der Waals surface area contributed by atoms with E-state index in [4.69, 9.17) is 4.52 Å². The highest BCUT2D eigenvalue weighted by molar-refractivity contribution is 7.07. The van der Waals surface area contributed by atoms with Gasteiger partial charge in [0.15, 0.2) is 5.69 Å². The molecule has 3 heterocycles. The van der Waals surface area contributed by atoms with Crippen LogP contribution in [0.4, 0.5) is 0 Å². The molecule has 0 aromatic carbocycles. The average molecular weight is 342 g/mol. The zero-order valence-corrected chi connectivity index (χ0v) is 14.0. The van der Waals surface area contributed by atoms with Crippen molar-refractivity contribution in [1.82, 2.24) is 20.3 Å². The summed E-state index contributed by atoms with van der Waals surface area (Å²) < 4.78 is 7.19. The van der Waals surface area contributed by atoms with Crippen LogP contribution in [0.25, 0.3) is 0 Å². The van der Waals surface area contributed by atoms with Crippen LogP contribution < -0.4 is 5.32 Å². The van der Waals surface area contributed by atoms with Crippen LogP contribution in [0.3, 0.4) is 0 Å². The Morgan fingerprint density at radius 2 is 2.33 bits per heavy atom. The summed E-state index contributed by atoms with van der Waals surface area (Å²) >= 11 is 1.63. The fourth-order valence-corrected chi connectivity index (χ4v) is 3.84. The smallest absolute Gasteiger partial charge is 0.273 e. The Morgan fingerprint density at radius 1 is 1.42 bits per heavy atom. The molecule has 0 unspecified atom stereocenters. The van der Waals surface area contributed by atoms with E-state index in [1.807, 2.05) is 22.3 Å². The lowest BCUT2D eigenvalue weighted by Crippen LogP contribution is -2.32. The van der Waals surface area contributed by atoms with E-state index >= 15 is 0 Å². The van der Waals surface area contributed by atoms with Gasteiger partial charge in [0.2, 0.25) is 0 Å². The first kappa shape index (κ1) is 15.1. The summed E-state index contributed by atoms with van der Waals surface area (Å²) in [5.41, 5.74) is 2.55. The van der Waals surface area contributed by atoms with Gasteiger partial charge in [0.05, 0.1) is 6.04 Å². The molecule has 0 saturated carbocycles. The van der Waals surface area contributed by atoms with E-state index in [1.54, 1.807) is 17.5 Å². The first-order valence-electron chi connectivity index (χ1n) is 8.10. The summed E-state index contributed by atoms with van der Waals surface area (Å²) in [4.78, 5) is 12.6. The first-order chi connectivity index (χ1) is 11.8. The number of aryl methyl sites for hydroxylation is 1. The second kappa shape index (κ2) is 6.60. The van der Waals surface area contributed by atoms with Gasteiger partial charge in [-0.1, -0.05) is 5.16 Å². The highest BCUT2D eigenvalue weighted by Crippen LogP contribution is 2.24. The van der Waals surface area contributed by atoms with Gasteiger partial charge in [-0.3, -0.25) is 9.48 Å². The first-order valence-corrected chi connectivity index (χ1v) is 9.04. The van der Waals surface area contributed by atoms with E-state index in [0.29, 0.717) is 12.2 Å². The van der Waals surface area contributed by atoms with Crippen molar-refractivity contribution in [2.75, 3.05) is 6.54 Å². The van der Waals surface area contributed by atoms with Gasteiger partial charge in [0, 0.05) is 30.9 Å². The lowest BCUT2D eigenvalue weighted by molar-refractivity contribution is 0.0939. The number of nitrogens with one attached hydrogen (secondary N) is 1. The van der Waals surface area contributed by atoms with E-state index in [2.05, 4.69) is 27.0 Å². The molecule has 0 radical (unpaired) electrons. The van der Waals surface area contributed by atoms with E-state index in [-0.39, 0.29) is 11.9 Å². The van der Waals surface area contributed by atoms with Crippen molar-refractivity contribution in [2.45, 2.75) is 31.7 Å². The minimum Gasteiger partial charge on any atom is -0.360 e. The zero-order chi connectivity index (χ0) is 16.4. The van der Waals surface area contributed by atoms with Gasteiger partial charge < -0.3 is 9.84 Å². The number of rotatable bonds is 5. The molecule has 3 aromatic heterocycles.